The van der Waals surface area contributed by atoms with Gasteiger partial charge < -0.3 is 41.1 Å². The Bertz CT molecular complexity index is 850. The Hall–Kier alpha value is -0.0469. The van der Waals surface area contributed by atoms with E-state index in [0.717, 1.165) is 0 Å². The zero-order valence-corrected chi connectivity index (χ0v) is 20.9. The van der Waals surface area contributed by atoms with Gasteiger partial charge in [0.15, 0.2) is 0 Å². The largest absolute Gasteiger partial charge is 4.00 e. The van der Waals surface area contributed by atoms with Crippen molar-refractivity contribution >= 4 is 27.4 Å². The topological polar surface area (TPSA) is 3.24 Å². The van der Waals surface area contributed by atoms with Gasteiger partial charge in [0.1, 0.15) is 0 Å². The first-order valence-corrected chi connectivity index (χ1v) is 8.25. The predicted octanol–water partition coefficient (Wildman–Crippen LogP) is -3.30. The molecular weight excluding hydrogens is 532 g/mol. The molecule has 0 aromatic heterocycles. The Morgan fingerprint density at radius 2 is 1.58 bits per heavy atom. The minimum atomic E-state index is 0. The minimum absolute atomic E-state index is 0. The summed E-state index contributed by atoms with van der Waals surface area (Å²) in [6.45, 7) is 6.57. The van der Waals surface area contributed by atoms with Crippen molar-refractivity contribution in [2.75, 3.05) is 3.93 Å². The summed E-state index contributed by atoms with van der Waals surface area (Å²) in [7, 11) is 0. The number of nitrogens with zero attached hydrogens (tertiary/aromatic N) is 1. The van der Waals surface area contributed by atoms with Gasteiger partial charge in [-0.25, -0.2) is 0 Å². The minimum Gasteiger partial charge on any atom is -1.00 e. The second-order valence-corrected chi connectivity index (χ2v) is 6.90. The number of hydrogen-bond acceptors (Lipinski definition) is 1. The summed E-state index contributed by atoms with van der Waals surface area (Å²) in [6, 6.07) is 16.8. The van der Waals surface area contributed by atoms with Crippen LogP contribution in [0.2, 0.25) is 0 Å². The molecule has 134 valence electrons. The molecule has 4 rings (SSSR count). The number of anilines is 1. The molecule has 1 unspecified atom stereocenters. The molecule has 26 heavy (non-hydrogen) atoms. The summed E-state index contributed by atoms with van der Waals surface area (Å²) in [6.07, 6.45) is 2.31. The van der Waals surface area contributed by atoms with E-state index in [1.807, 2.05) is 0 Å². The third-order valence-electron chi connectivity index (χ3n) is 4.76. The molecule has 0 spiro atoms. The summed E-state index contributed by atoms with van der Waals surface area (Å²) in [5.41, 5.74) is 10.3. The van der Waals surface area contributed by atoms with E-state index in [1.54, 1.807) is 0 Å². The normalized spacial score (nSPS) is 16.4. The molecule has 0 N–H and O–H groups in total. The molecule has 1 aliphatic carbocycles. The first-order valence-electron chi connectivity index (χ1n) is 7.54. The molecule has 0 bridgehead atoms. The van der Waals surface area contributed by atoms with Crippen LogP contribution in [0.25, 0.3) is 16.7 Å². The average Bonchev–Trinajstić information content (AvgIpc) is 2.96. The number of allylic oxidation sites excluding steroid dienone is 2. The van der Waals surface area contributed by atoms with Gasteiger partial charge in [-0.2, -0.15) is 0 Å². The SMILES string of the molecule is CC1=C(C)C2C(=C1)c1[c-]c(-c3ccccc3)c(C)cc1N2Br.[Cl-].[Cl-].[Cl-].[Zr+4]. The quantitative estimate of drug-likeness (QED) is 0.267. The maximum atomic E-state index is 3.77. The van der Waals surface area contributed by atoms with Crippen molar-refractivity contribution in [3.63, 3.8) is 0 Å². The molecule has 0 amide bonds. The second-order valence-electron chi connectivity index (χ2n) is 6.13. The Kier molecular flexibility index (Phi) is 9.92. The van der Waals surface area contributed by atoms with Crippen LogP contribution in [0.15, 0.2) is 53.6 Å². The summed E-state index contributed by atoms with van der Waals surface area (Å²) >= 11 is 3.77. The Labute approximate surface area is 202 Å². The van der Waals surface area contributed by atoms with Gasteiger partial charge in [0.2, 0.25) is 0 Å². The van der Waals surface area contributed by atoms with Gasteiger partial charge in [-0.3, -0.25) is 0 Å². The smallest absolute Gasteiger partial charge is 1.00 e. The van der Waals surface area contributed by atoms with Gasteiger partial charge in [-0.15, -0.1) is 23.3 Å². The number of hydrogen-bond donors (Lipinski definition) is 0. The van der Waals surface area contributed by atoms with Crippen LogP contribution in [0.4, 0.5) is 5.69 Å². The van der Waals surface area contributed by atoms with E-state index < -0.39 is 0 Å². The average molecular weight is 549 g/mol. The zero-order valence-electron chi connectivity index (χ0n) is 14.6. The Morgan fingerprint density at radius 3 is 2.19 bits per heavy atom. The van der Waals surface area contributed by atoms with Crippen molar-refractivity contribution in [3.05, 3.63) is 70.8 Å². The fraction of sp³-hybridized carbons (Fsp3) is 0.200. The predicted molar refractivity (Wildman–Crippen MR) is 97.0 cm³/mol. The van der Waals surface area contributed by atoms with Crippen LogP contribution in [0, 0.1) is 13.0 Å². The monoisotopic (exact) mass is 545 g/mol. The van der Waals surface area contributed by atoms with Crippen LogP contribution < -0.4 is 41.1 Å². The van der Waals surface area contributed by atoms with Crippen molar-refractivity contribution in [2.24, 2.45) is 0 Å². The van der Waals surface area contributed by atoms with Crippen LogP contribution in [-0.4, -0.2) is 6.04 Å². The third kappa shape index (κ3) is 4.03. The molecule has 2 aromatic carbocycles. The molecule has 1 aliphatic heterocycles. The van der Waals surface area contributed by atoms with Crippen LogP contribution in [-0.2, 0) is 26.2 Å². The summed E-state index contributed by atoms with van der Waals surface area (Å²) in [5, 5.41) is 0. The summed E-state index contributed by atoms with van der Waals surface area (Å²) in [4.78, 5) is 0. The maximum Gasteiger partial charge on any atom is 4.00 e. The first kappa shape index (κ1) is 26.0. The van der Waals surface area contributed by atoms with Gasteiger partial charge in [0, 0.05) is 16.1 Å². The van der Waals surface area contributed by atoms with E-state index in [-0.39, 0.29) is 63.4 Å². The standard InChI is InChI=1S/C20H17BrN.3ClH.Zr/c1-12-9-18-17-11-16(15-7-5-4-6-8-15)13(2)10-19(17)22(21)20(18)14(12)3;;;;/h4-10,20H,1-3H3;3*1H;/q-1;;;;+4/p-3. The molecule has 0 saturated carbocycles. The van der Waals surface area contributed by atoms with E-state index in [1.165, 1.54) is 44.7 Å². The molecule has 1 atom stereocenters. The van der Waals surface area contributed by atoms with Crippen molar-refractivity contribution in [1.82, 2.24) is 0 Å². The van der Waals surface area contributed by atoms with Crippen molar-refractivity contribution in [1.29, 1.82) is 0 Å². The van der Waals surface area contributed by atoms with E-state index in [2.05, 4.69) is 89.4 Å². The number of fused-ring (bicyclic) bond motifs is 3. The van der Waals surface area contributed by atoms with Crippen LogP contribution in [0.5, 0.6) is 0 Å². The van der Waals surface area contributed by atoms with Gasteiger partial charge in [0.05, 0.1) is 6.04 Å². The Balaban J connectivity index is 0.00000156. The molecule has 0 saturated heterocycles. The molecule has 1 nitrogen and oxygen atoms in total. The fourth-order valence-electron chi connectivity index (χ4n) is 3.45. The van der Waals surface area contributed by atoms with Crippen LogP contribution in [0.3, 0.4) is 0 Å². The maximum absolute atomic E-state index is 3.77. The number of rotatable bonds is 1. The molecule has 2 aliphatic rings. The molecule has 0 fully saturated rings. The van der Waals surface area contributed by atoms with E-state index in [4.69, 9.17) is 0 Å². The molecule has 2 aromatic rings. The number of aryl methyl sites for hydroxylation is 1. The number of benzene rings is 2. The summed E-state index contributed by atoms with van der Waals surface area (Å²) in [5.74, 6) is 0. The summed E-state index contributed by atoms with van der Waals surface area (Å²) < 4.78 is 2.21. The van der Waals surface area contributed by atoms with Crippen LogP contribution in [0.1, 0.15) is 25.0 Å². The molecule has 6 heteroatoms. The van der Waals surface area contributed by atoms with E-state index in [0.29, 0.717) is 6.04 Å². The van der Waals surface area contributed by atoms with Gasteiger partial charge >= 0.3 is 26.2 Å². The Morgan fingerprint density at radius 1 is 0.962 bits per heavy atom. The van der Waals surface area contributed by atoms with Gasteiger partial charge in [-0.1, -0.05) is 71.2 Å². The molecule has 1 heterocycles. The van der Waals surface area contributed by atoms with Crippen LogP contribution >= 0.6 is 16.1 Å². The van der Waals surface area contributed by atoms with Crippen molar-refractivity contribution < 1.29 is 63.4 Å². The first-order chi connectivity index (χ1) is 10.6. The van der Waals surface area contributed by atoms with E-state index in [9.17, 15) is 0 Å². The second kappa shape index (κ2) is 9.94. The van der Waals surface area contributed by atoms with E-state index >= 15 is 0 Å². The molecule has 0 radical (unpaired) electrons. The third-order valence-corrected chi connectivity index (χ3v) is 5.55. The molecular formula is C20H17BrCl3NZr. The van der Waals surface area contributed by atoms with Gasteiger partial charge in [-0.05, 0) is 19.5 Å². The van der Waals surface area contributed by atoms with Gasteiger partial charge in [0.25, 0.3) is 0 Å². The zero-order chi connectivity index (χ0) is 15.4. The van der Waals surface area contributed by atoms with Crippen molar-refractivity contribution in [2.45, 2.75) is 26.8 Å². The van der Waals surface area contributed by atoms with Crippen molar-refractivity contribution in [3.8, 4) is 11.1 Å². The number of halogens is 4. The fourth-order valence-corrected chi connectivity index (χ4v) is 4.25.